The average molecular weight is 296 g/mol. The number of nitrogens with one attached hydrogen (secondary N) is 1. The highest BCUT2D eigenvalue weighted by Crippen LogP contribution is 2.25. The van der Waals surface area contributed by atoms with Gasteiger partial charge in [0.25, 0.3) is 0 Å². The van der Waals surface area contributed by atoms with Gasteiger partial charge in [-0.2, -0.15) is 13.2 Å². The zero-order valence-corrected chi connectivity index (χ0v) is 12.2. The minimum atomic E-state index is -4.38. The number of hydrogen-bond acceptors (Lipinski definition) is 1. The van der Waals surface area contributed by atoms with E-state index in [0.29, 0.717) is 6.54 Å². The number of unbranched alkanes of at least 4 members (excludes halogenated alkanes) is 5. The molecule has 7 heteroatoms. The second-order valence-electron chi connectivity index (χ2n) is 4.72. The predicted octanol–water partition coefficient (Wildman–Crippen LogP) is 3.75. The van der Waals surface area contributed by atoms with Crippen LogP contribution in [0.15, 0.2) is 0 Å². The van der Waals surface area contributed by atoms with E-state index < -0.39 is 12.0 Å². The number of H-pyrrole nitrogens is 1. The Balaban J connectivity index is 2.61. The summed E-state index contributed by atoms with van der Waals surface area (Å²) in [6, 6.07) is 0. The summed E-state index contributed by atoms with van der Waals surface area (Å²) in [6.07, 6.45) is 1.84. The molecule has 1 aromatic heterocycles. The molecule has 1 aromatic rings. The molecule has 0 aliphatic heterocycles. The van der Waals surface area contributed by atoms with Crippen LogP contribution in [0.25, 0.3) is 0 Å². The maximum atomic E-state index is 12.9. The lowest BCUT2D eigenvalue weighted by atomic mass is 10.1. The monoisotopic (exact) mass is 296 g/mol. The molecular weight excluding hydrogens is 275 g/mol. The van der Waals surface area contributed by atoms with Crippen molar-refractivity contribution in [1.82, 2.24) is 9.78 Å². The first-order chi connectivity index (χ1) is 8.88. The van der Waals surface area contributed by atoms with Crippen LogP contribution in [0.2, 0.25) is 0 Å². The van der Waals surface area contributed by atoms with Crippen LogP contribution in [-0.2, 0) is 19.8 Å². The molecule has 0 unspecified atom stereocenters. The van der Waals surface area contributed by atoms with E-state index in [1.165, 1.54) is 13.5 Å². The first kappa shape index (κ1) is 16.2. The quantitative estimate of drug-likeness (QED) is 0.462. The van der Waals surface area contributed by atoms with E-state index in [4.69, 9.17) is 12.2 Å². The summed E-state index contributed by atoms with van der Waals surface area (Å²) in [7, 11) is 1.33. The van der Waals surface area contributed by atoms with Gasteiger partial charge in [0.1, 0.15) is 0 Å². The van der Waals surface area contributed by atoms with Crippen molar-refractivity contribution in [2.24, 2.45) is 7.05 Å². The first-order valence-corrected chi connectivity index (χ1v) is 7.04. The number of alkyl halides is 3. The maximum absolute atomic E-state index is 12.9. The van der Waals surface area contributed by atoms with Gasteiger partial charge >= 0.3 is 16.8 Å². The molecule has 19 heavy (non-hydrogen) atoms. The van der Waals surface area contributed by atoms with Gasteiger partial charge < -0.3 is 0 Å². The van der Waals surface area contributed by atoms with E-state index in [-0.39, 0.29) is 4.77 Å². The van der Waals surface area contributed by atoms with Crippen LogP contribution in [0.4, 0.5) is 13.2 Å². The minimum absolute atomic E-state index is 0.128. The van der Waals surface area contributed by atoms with Crippen molar-refractivity contribution in [2.45, 2.75) is 58.2 Å². The Morgan fingerprint density at radius 3 is 2.32 bits per heavy atom. The maximum Gasteiger partial charge on any atom is 0.481 e. The third-order valence-corrected chi connectivity index (χ3v) is 3.38. The van der Waals surface area contributed by atoms with Crippen LogP contribution in [0, 0.1) is 4.77 Å². The Morgan fingerprint density at radius 1 is 1.16 bits per heavy atom. The molecule has 0 saturated heterocycles. The number of aryl methyl sites for hydroxylation is 1. The third kappa shape index (κ3) is 4.63. The van der Waals surface area contributed by atoms with E-state index in [1.54, 1.807) is 0 Å². The van der Waals surface area contributed by atoms with E-state index in [1.807, 2.05) is 0 Å². The molecule has 3 nitrogen and oxygen atoms in total. The number of rotatable bonds is 7. The van der Waals surface area contributed by atoms with E-state index in [0.717, 1.165) is 41.4 Å². The molecule has 0 amide bonds. The summed E-state index contributed by atoms with van der Waals surface area (Å²) in [5.74, 6) is -0.717. The molecule has 0 aliphatic rings. The molecule has 110 valence electrons. The van der Waals surface area contributed by atoms with Crippen LogP contribution >= 0.6 is 12.2 Å². The fraction of sp³-hybridized carbons (Fsp3) is 0.833. The third-order valence-electron chi connectivity index (χ3n) is 3.07. The number of hydrogen-bond donors (Lipinski definition) is 1. The summed E-state index contributed by atoms with van der Waals surface area (Å²) in [5, 5.41) is 2.52. The van der Waals surface area contributed by atoms with Crippen molar-refractivity contribution in [3.63, 3.8) is 0 Å². The molecule has 0 aliphatic carbocycles. The lowest BCUT2D eigenvalue weighted by Gasteiger charge is -2.06. The van der Waals surface area contributed by atoms with Gasteiger partial charge in [-0.05, 0) is 18.6 Å². The molecule has 0 spiro atoms. The van der Waals surface area contributed by atoms with Crippen LogP contribution in [0.3, 0.4) is 0 Å². The van der Waals surface area contributed by atoms with Crippen molar-refractivity contribution in [3.05, 3.63) is 10.6 Å². The largest absolute Gasteiger partial charge is 0.481 e. The van der Waals surface area contributed by atoms with E-state index >= 15 is 0 Å². The van der Waals surface area contributed by atoms with Gasteiger partial charge in [0.2, 0.25) is 0 Å². The van der Waals surface area contributed by atoms with Crippen molar-refractivity contribution in [1.29, 1.82) is 0 Å². The lowest BCUT2D eigenvalue weighted by molar-refractivity contribution is -0.722. The lowest BCUT2D eigenvalue weighted by Crippen LogP contribution is -2.42. The number of halogens is 3. The summed E-state index contributed by atoms with van der Waals surface area (Å²) in [5.41, 5.74) is 0. The summed E-state index contributed by atoms with van der Waals surface area (Å²) in [6.45, 7) is 2.45. The molecule has 1 rings (SSSR count). The van der Waals surface area contributed by atoms with Gasteiger partial charge in [-0.1, -0.05) is 39.0 Å². The molecule has 0 fully saturated rings. The van der Waals surface area contributed by atoms with Crippen molar-refractivity contribution < 1.29 is 17.7 Å². The number of aromatic amines is 1. The molecule has 0 bridgehead atoms. The Labute approximate surface area is 116 Å². The minimum Gasteiger partial charge on any atom is -0.214 e. The Kier molecular flexibility index (Phi) is 6.03. The molecule has 0 radical (unpaired) electrons. The molecule has 0 aromatic carbocycles. The van der Waals surface area contributed by atoms with Gasteiger partial charge in [0, 0.05) is 0 Å². The van der Waals surface area contributed by atoms with Gasteiger partial charge in [-0.25, -0.2) is 4.57 Å². The van der Waals surface area contributed by atoms with Crippen LogP contribution in [-0.4, -0.2) is 9.78 Å². The van der Waals surface area contributed by atoms with E-state index in [2.05, 4.69) is 12.0 Å². The Bertz CT molecular complexity index is 448. The predicted molar refractivity (Wildman–Crippen MR) is 69.2 cm³/mol. The molecule has 0 saturated carbocycles. The first-order valence-electron chi connectivity index (χ1n) is 6.64. The standard InChI is InChI=1S/C12H20F3N3S/c1-3-4-5-6-7-8-9-18-10(12(13,14)15)17(2)16-11(18)19/h3-9H2,1-2H3/p+1. The fourth-order valence-electron chi connectivity index (χ4n) is 2.13. The van der Waals surface area contributed by atoms with Gasteiger partial charge in [-0.15, -0.1) is 9.78 Å². The molecule has 0 atom stereocenters. The van der Waals surface area contributed by atoms with E-state index in [9.17, 15) is 13.2 Å². The zero-order chi connectivity index (χ0) is 14.5. The normalized spacial score (nSPS) is 12.1. The number of nitrogens with zero attached hydrogens (tertiary/aromatic N) is 2. The van der Waals surface area contributed by atoms with Crippen molar-refractivity contribution in [3.8, 4) is 0 Å². The Hall–Kier alpha value is -0.850. The van der Waals surface area contributed by atoms with Crippen molar-refractivity contribution in [2.75, 3.05) is 0 Å². The topological polar surface area (TPSA) is 24.6 Å². The highest BCUT2D eigenvalue weighted by molar-refractivity contribution is 7.71. The second kappa shape index (κ2) is 7.07. The number of aromatic nitrogens is 3. The van der Waals surface area contributed by atoms with Crippen molar-refractivity contribution >= 4 is 12.2 Å². The van der Waals surface area contributed by atoms with Gasteiger partial charge in [0.05, 0.1) is 13.6 Å². The van der Waals surface area contributed by atoms with Crippen LogP contribution < -0.4 is 4.57 Å². The molecular formula is C12H21F3N3S+. The second-order valence-corrected chi connectivity index (χ2v) is 5.10. The van der Waals surface area contributed by atoms with Crippen LogP contribution in [0.5, 0.6) is 0 Å². The average Bonchev–Trinajstić information content (AvgIpc) is 2.58. The highest BCUT2D eigenvalue weighted by atomic mass is 32.1. The molecule has 1 heterocycles. The smallest absolute Gasteiger partial charge is 0.214 e. The highest BCUT2D eigenvalue weighted by Gasteiger charge is 2.43. The fourth-order valence-corrected chi connectivity index (χ4v) is 2.45. The zero-order valence-electron chi connectivity index (χ0n) is 11.4. The molecule has 1 N–H and O–H groups in total. The SMILES string of the molecule is CCCCCCCC[n+]1c(C(F)(F)F)n(C)[nH]c1=S. The van der Waals surface area contributed by atoms with Gasteiger partial charge in [-0.3, -0.25) is 0 Å². The Morgan fingerprint density at radius 2 is 1.74 bits per heavy atom. The van der Waals surface area contributed by atoms with Gasteiger partial charge in [0.15, 0.2) is 0 Å². The summed E-state index contributed by atoms with van der Waals surface area (Å²) in [4.78, 5) is 0. The summed E-state index contributed by atoms with van der Waals surface area (Å²) >= 11 is 4.94. The summed E-state index contributed by atoms with van der Waals surface area (Å²) < 4.78 is 40.9. The van der Waals surface area contributed by atoms with Crippen LogP contribution in [0.1, 0.15) is 51.3 Å².